The first-order valence-corrected chi connectivity index (χ1v) is 8.72. The first-order valence-electron chi connectivity index (χ1n) is 6.10. The molecule has 116 valence electrons. The van der Waals surface area contributed by atoms with Gasteiger partial charge in [-0.05, 0) is 25.0 Å². The summed E-state index contributed by atoms with van der Waals surface area (Å²) in [7, 11) is -4.18. The average Bonchev–Trinajstić information content (AvgIpc) is 2.75. The normalized spacial score (nSPS) is 17.9. The molecule has 2 N–H and O–H groups in total. The quantitative estimate of drug-likeness (QED) is 0.849. The van der Waals surface area contributed by atoms with E-state index in [0.717, 1.165) is 0 Å². The second-order valence-electron chi connectivity index (χ2n) is 4.90. The van der Waals surface area contributed by atoms with E-state index >= 15 is 0 Å². The summed E-state index contributed by atoms with van der Waals surface area (Å²) < 4.78 is 27.2. The van der Waals surface area contributed by atoms with Crippen LogP contribution in [0, 0.1) is 0 Å². The number of carboxylic acid groups (broad SMARTS) is 1. The van der Waals surface area contributed by atoms with Crippen molar-refractivity contribution in [1.82, 2.24) is 4.72 Å². The predicted octanol–water partition coefficient (Wildman–Crippen LogP) is 3.32. The number of halogens is 3. The Bertz CT molecular complexity index is 661. The van der Waals surface area contributed by atoms with Gasteiger partial charge in [-0.3, -0.25) is 4.79 Å². The maximum atomic E-state index is 12.5. The van der Waals surface area contributed by atoms with E-state index in [1.165, 1.54) is 12.1 Å². The molecule has 2 rings (SSSR count). The van der Waals surface area contributed by atoms with Crippen molar-refractivity contribution in [2.45, 2.75) is 36.1 Å². The van der Waals surface area contributed by atoms with Gasteiger partial charge in [-0.15, -0.1) is 0 Å². The van der Waals surface area contributed by atoms with Crippen molar-refractivity contribution >= 4 is 50.8 Å². The van der Waals surface area contributed by atoms with Crippen LogP contribution < -0.4 is 4.72 Å². The van der Waals surface area contributed by atoms with Gasteiger partial charge in [0.25, 0.3) is 0 Å². The lowest BCUT2D eigenvalue weighted by molar-refractivity contribution is -0.143. The maximum Gasteiger partial charge on any atom is 0.324 e. The number of carboxylic acids is 1. The van der Waals surface area contributed by atoms with E-state index in [2.05, 4.69) is 4.72 Å². The number of hydrogen-bond acceptors (Lipinski definition) is 3. The first-order chi connectivity index (χ1) is 9.68. The second kappa shape index (κ2) is 5.93. The summed E-state index contributed by atoms with van der Waals surface area (Å²) >= 11 is 17.5. The zero-order valence-corrected chi connectivity index (χ0v) is 13.8. The van der Waals surface area contributed by atoms with Gasteiger partial charge in [0, 0.05) is 5.02 Å². The molecule has 1 aromatic carbocycles. The van der Waals surface area contributed by atoms with Crippen LogP contribution in [-0.4, -0.2) is 25.0 Å². The predicted molar refractivity (Wildman–Crippen MR) is 80.6 cm³/mol. The van der Waals surface area contributed by atoms with Crippen LogP contribution in [0.4, 0.5) is 0 Å². The lowest BCUT2D eigenvalue weighted by atomic mass is 10.0. The van der Waals surface area contributed by atoms with E-state index in [9.17, 15) is 18.3 Å². The molecule has 0 amide bonds. The highest BCUT2D eigenvalue weighted by Crippen LogP contribution is 2.36. The van der Waals surface area contributed by atoms with E-state index in [4.69, 9.17) is 34.8 Å². The summed E-state index contributed by atoms with van der Waals surface area (Å²) in [5.74, 6) is -1.20. The third-order valence-electron chi connectivity index (χ3n) is 3.43. The molecule has 0 atom stereocenters. The van der Waals surface area contributed by atoms with Crippen LogP contribution in [0.3, 0.4) is 0 Å². The number of hydrogen-bond donors (Lipinski definition) is 2. The van der Waals surface area contributed by atoms with Crippen molar-refractivity contribution in [3.63, 3.8) is 0 Å². The number of carbonyl (C=O) groups is 1. The Morgan fingerprint density at radius 2 is 1.62 bits per heavy atom. The SMILES string of the molecule is O=C(O)C1(NS(=O)(=O)c2c(Cl)cc(Cl)cc2Cl)CCCC1. The Morgan fingerprint density at radius 3 is 2.05 bits per heavy atom. The first kappa shape index (κ1) is 16.8. The number of sulfonamides is 1. The third kappa shape index (κ3) is 3.29. The van der Waals surface area contributed by atoms with Crippen LogP contribution >= 0.6 is 34.8 Å². The van der Waals surface area contributed by atoms with Gasteiger partial charge in [-0.1, -0.05) is 47.6 Å². The molecule has 1 fully saturated rings. The fourth-order valence-electron chi connectivity index (χ4n) is 2.43. The molecule has 5 nitrogen and oxygen atoms in total. The van der Waals surface area contributed by atoms with Crippen molar-refractivity contribution in [3.05, 3.63) is 27.2 Å². The molecule has 21 heavy (non-hydrogen) atoms. The topological polar surface area (TPSA) is 83.5 Å². The molecule has 0 saturated heterocycles. The molecule has 9 heteroatoms. The van der Waals surface area contributed by atoms with Crippen molar-refractivity contribution in [3.8, 4) is 0 Å². The molecule has 0 unspecified atom stereocenters. The highest BCUT2D eigenvalue weighted by atomic mass is 35.5. The molecular formula is C12H12Cl3NO4S. The maximum absolute atomic E-state index is 12.5. The Balaban J connectivity index is 2.46. The number of aliphatic carboxylic acids is 1. The lowest BCUT2D eigenvalue weighted by Crippen LogP contribution is -2.52. The lowest BCUT2D eigenvalue weighted by Gasteiger charge is -2.25. The van der Waals surface area contributed by atoms with Crippen LogP contribution in [-0.2, 0) is 14.8 Å². The largest absolute Gasteiger partial charge is 0.480 e. The minimum atomic E-state index is -4.18. The Morgan fingerprint density at radius 1 is 1.14 bits per heavy atom. The molecule has 1 aromatic rings. The van der Waals surface area contributed by atoms with Crippen LogP contribution in [0.1, 0.15) is 25.7 Å². The zero-order chi connectivity index (χ0) is 15.8. The highest BCUT2D eigenvalue weighted by molar-refractivity contribution is 7.89. The van der Waals surface area contributed by atoms with Crippen LogP contribution in [0.2, 0.25) is 15.1 Å². The second-order valence-corrected chi connectivity index (χ2v) is 7.77. The Labute approximate surface area is 137 Å². The van der Waals surface area contributed by atoms with E-state index in [-0.39, 0.29) is 32.8 Å². The van der Waals surface area contributed by atoms with E-state index < -0.39 is 21.5 Å². The summed E-state index contributed by atoms with van der Waals surface area (Å²) in [4.78, 5) is 11.1. The molecule has 0 bridgehead atoms. The highest BCUT2D eigenvalue weighted by Gasteiger charge is 2.45. The molecule has 1 aliphatic rings. The molecule has 1 saturated carbocycles. The average molecular weight is 373 g/mol. The monoisotopic (exact) mass is 371 g/mol. The van der Waals surface area contributed by atoms with Crippen LogP contribution in [0.15, 0.2) is 17.0 Å². The zero-order valence-electron chi connectivity index (χ0n) is 10.7. The van der Waals surface area contributed by atoms with Crippen LogP contribution in [0.25, 0.3) is 0 Å². The van der Waals surface area contributed by atoms with Crippen molar-refractivity contribution in [2.75, 3.05) is 0 Å². The smallest absolute Gasteiger partial charge is 0.324 e. The number of rotatable bonds is 4. The summed E-state index contributed by atoms with van der Waals surface area (Å²) in [6, 6.07) is 2.48. The number of nitrogens with one attached hydrogen (secondary N) is 1. The van der Waals surface area contributed by atoms with E-state index in [1.807, 2.05) is 0 Å². The van der Waals surface area contributed by atoms with Gasteiger partial charge in [0.1, 0.15) is 10.4 Å². The van der Waals surface area contributed by atoms with Gasteiger partial charge < -0.3 is 5.11 Å². The summed E-state index contributed by atoms with van der Waals surface area (Å²) in [5.41, 5.74) is -1.51. The number of benzene rings is 1. The molecular weight excluding hydrogens is 361 g/mol. The summed E-state index contributed by atoms with van der Waals surface area (Å²) in [6.07, 6.45) is 1.72. The van der Waals surface area contributed by atoms with Crippen LogP contribution in [0.5, 0.6) is 0 Å². The molecule has 0 aromatic heterocycles. The van der Waals surface area contributed by atoms with Gasteiger partial charge in [-0.2, -0.15) is 4.72 Å². The van der Waals surface area contributed by atoms with Gasteiger partial charge >= 0.3 is 5.97 Å². The van der Waals surface area contributed by atoms with Crippen molar-refractivity contribution < 1.29 is 18.3 Å². The van der Waals surface area contributed by atoms with Gasteiger partial charge in [0.15, 0.2) is 0 Å². The van der Waals surface area contributed by atoms with Crippen molar-refractivity contribution in [1.29, 1.82) is 0 Å². The Hall–Kier alpha value is -0.530. The van der Waals surface area contributed by atoms with Gasteiger partial charge in [-0.25, -0.2) is 8.42 Å². The molecule has 1 aliphatic carbocycles. The molecule has 0 heterocycles. The van der Waals surface area contributed by atoms with Gasteiger partial charge in [0.2, 0.25) is 10.0 Å². The summed E-state index contributed by atoms with van der Waals surface area (Å²) in [5, 5.41) is 9.23. The Kier molecular flexibility index (Phi) is 4.75. The minimum Gasteiger partial charge on any atom is -0.480 e. The van der Waals surface area contributed by atoms with Gasteiger partial charge in [0.05, 0.1) is 10.0 Å². The van der Waals surface area contributed by atoms with Crippen molar-refractivity contribution in [2.24, 2.45) is 0 Å². The fourth-order valence-corrected chi connectivity index (χ4v) is 5.40. The minimum absolute atomic E-state index is 0.154. The molecule has 0 radical (unpaired) electrons. The van der Waals surface area contributed by atoms with E-state index in [1.54, 1.807) is 0 Å². The standard InChI is InChI=1S/C12H12Cl3NO4S/c13-7-5-8(14)10(9(15)6-7)21(19,20)16-12(11(17)18)3-1-2-4-12/h5-6,16H,1-4H2,(H,17,18). The fraction of sp³-hybridized carbons (Fsp3) is 0.417. The molecule has 0 aliphatic heterocycles. The summed E-state index contributed by atoms with van der Waals surface area (Å²) in [6.45, 7) is 0. The molecule has 0 spiro atoms. The van der Waals surface area contributed by atoms with E-state index in [0.29, 0.717) is 12.8 Å². The third-order valence-corrected chi connectivity index (χ3v) is 6.10.